The molecule has 0 radical (unpaired) electrons. The molecule has 0 spiro atoms. The minimum Gasteiger partial charge on any atom is -0.352 e. The van der Waals surface area contributed by atoms with Crippen LogP contribution in [0.3, 0.4) is 0 Å². The summed E-state index contributed by atoms with van der Waals surface area (Å²) in [4.78, 5) is 11.8. The predicted octanol–water partition coefficient (Wildman–Crippen LogP) is 1.99. The second-order valence-corrected chi connectivity index (χ2v) is 4.33. The Morgan fingerprint density at radius 1 is 1.53 bits per heavy atom. The summed E-state index contributed by atoms with van der Waals surface area (Å²) in [5, 5.41) is 2.76. The van der Waals surface area contributed by atoms with Gasteiger partial charge in [-0.25, -0.2) is 4.39 Å². The Hall–Kier alpha value is -1.42. The average Bonchev–Trinajstić information content (AvgIpc) is 2.27. The van der Waals surface area contributed by atoms with Crippen molar-refractivity contribution in [3.63, 3.8) is 0 Å². The molecule has 1 atom stereocenters. The van der Waals surface area contributed by atoms with Gasteiger partial charge in [0.2, 0.25) is 0 Å². The summed E-state index contributed by atoms with van der Waals surface area (Å²) in [6.07, 6.45) is 1.69. The first-order chi connectivity index (χ1) is 8.00. The van der Waals surface area contributed by atoms with Gasteiger partial charge in [0.15, 0.2) is 0 Å². The van der Waals surface area contributed by atoms with E-state index in [-0.39, 0.29) is 11.9 Å². The molecule has 0 saturated carbocycles. The highest BCUT2D eigenvalue weighted by Gasteiger charge is 2.09. The molecule has 94 valence electrons. The van der Waals surface area contributed by atoms with Crippen LogP contribution >= 0.6 is 0 Å². The summed E-state index contributed by atoms with van der Waals surface area (Å²) in [5.41, 5.74) is 6.77. The molecular weight excluding hydrogens is 219 g/mol. The van der Waals surface area contributed by atoms with E-state index in [2.05, 4.69) is 5.32 Å². The molecule has 0 saturated heterocycles. The van der Waals surface area contributed by atoms with Crippen LogP contribution in [0, 0.1) is 12.7 Å². The molecule has 1 aromatic carbocycles. The van der Waals surface area contributed by atoms with Crippen LogP contribution in [0.25, 0.3) is 0 Å². The van der Waals surface area contributed by atoms with E-state index in [1.54, 1.807) is 13.0 Å². The number of nitrogens with two attached hydrogens (primary N) is 1. The standard InChI is InChI=1S/C13H19FN2O/c1-9-5-6-11(14)8-12(9)13(17)16-7-3-4-10(2)15/h5-6,8,10H,3-4,7,15H2,1-2H3,(H,16,17). The number of rotatable bonds is 5. The van der Waals surface area contributed by atoms with E-state index in [1.807, 2.05) is 6.92 Å². The largest absolute Gasteiger partial charge is 0.352 e. The van der Waals surface area contributed by atoms with E-state index in [0.29, 0.717) is 12.1 Å². The number of carbonyl (C=O) groups excluding carboxylic acids is 1. The molecule has 0 heterocycles. The van der Waals surface area contributed by atoms with Crippen molar-refractivity contribution < 1.29 is 9.18 Å². The number of hydrogen-bond acceptors (Lipinski definition) is 2. The van der Waals surface area contributed by atoms with Gasteiger partial charge in [0.25, 0.3) is 5.91 Å². The summed E-state index contributed by atoms with van der Waals surface area (Å²) in [6, 6.07) is 4.35. The van der Waals surface area contributed by atoms with Crippen molar-refractivity contribution >= 4 is 5.91 Å². The molecule has 0 bridgehead atoms. The van der Waals surface area contributed by atoms with E-state index in [0.717, 1.165) is 18.4 Å². The fourth-order valence-electron chi connectivity index (χ4n) is 1.56. The van der Waals surface area contributed by atoms with Crippen molar-refractivity contribution in [3.8, 4) is 0 Å². The maximum Gasteiger partial charge on any atom is 0.251 e. The Balaban J connectivity index is 2.49. The molecule has 1 unspecified atom stereocenters. The van der Waals surface area contributed by atoms with E-state index in [1.165, 1.54) is 12.1 Å². The van der Waals surface area contributed by atoms with Gasteiger partial charge in [0.1, 0.15) is 5.82 Å². The van der Waals surface area contributed by atoms with Crippen LogP contribution in [0.2, 0.25) is 0 Å². The molecule has 0 aliphatic heterocycles. The van der Waals surface area contributed by atoms with Crippen LogP contribution < -0.4 is 11.1 Å². The first kappa shape index (κ1) is 13.6. The molecule has 3 nitrogen and oxygen atoms in total. The van der Waals surface area contributed by atoms with Gasteiger partial charge in [-0.1, -0.05) is 6.07 Å². The smallest absolute Gasteiger partial charge is 0.251 e. The van der Waals surface area contributed by atoms with Gasteiger partial charge in [-0.15, -0.1) is 0 Å². The third-order valence-electron chi connectivity index (χ3n) is 2.57. The van der Waals surface area contributed by atoms with Crippen LogP contribution in [-0.4, -0.2) is 18.5 Å². The molecule has 1 aromatic rings. The summed E-state index contributed by atoms with van der Waals surface area (Å²) < 4.78 is 13.0. The van der Waals surface area contributed by atoms with Gasteiger partial charge in [0.05, 0.1) is 0 Å². The number of aryl methyl sites for hydroxylation is 1. The monoisotopic (exact) mass is 238 g/mol. The van der Waals surface area contributed by atoms with Crippen LogP contribution in [0.1, 0.15) is 35.7 Å². The minimum atomic E-state index is -0.392. The fourth-order valence-corrected chi connectivity index (χ4v) is 1.56. The quantitative estimate of drug-likeness (QED) is 0.771. The summed E-state index contributed by atoms with van der Waals surface area (Å²) in [5.74, 6) is -0.622. The van der Waals surface area contributed by atoms with E-state index in [4.69, 9.17) is 5.73 Å². The topological polar surface area (TPSA) is 55.1 Å². The lowest BCUT2D eigenvalue weighted by Crippen LogP contribution is -2.26. The second kappa shape index (κ2) is 6.35. The molecule has 3 N–H and O–H groups in total. The van der Waals surface area contributed by atoms with Gasteiger partial charge in [-0.3, -0.25) is 4.79 Å². The first-order valence-electron chi connectivity index (χ1n) is 5.80. The fraction of sp³-hybridized carbons (Fsp3) is 0.462. The third kappa shape index (κ3) is 4.53. The average molecular weight is 238 g/mol. The molecule has 0 fully saturated rings. The van der Waals surface area contributed by atoms with Crippen molar-refractivity contribution in [2.45, 2.75) is 32.7 Å². The lowest BCUT2D eigenvalue weighted by Gasteiger charge is -2.08. The second-order valence-electron chi connectivity index (χ2n) is 4.33. The number of benzene rings is 1. The molecule has 1 amide bonds. The Morgan fingerprint density at radius 3 is 2.88 bits per heavy atom. The number of carbonyl (C=O) groups is 1. The zero-order valence-corrected chi connectivity index (χ0v) is 10.3. The molecule has 0 aliphatic rings. The number of nitrogens with one attached hydrogen (secondary N) is 1. The van der Waals surface area contributed by atoms with E-state index < -0.39 is 5.82 Å². The molecule has 0 aliphatic carbocycles. The highest BCUT2D eigenvalue weighted by Crippen LogP contribution is 2.09. The zero-order valence-electron chi connectivity index (χ0n) is 10.3. The molecular formula is C13H19FN2O. The zero-order chi connectivity index (χ0) is 12.8. The Bertz CT molecular complexity index is 391. The van der Waals surface area contributed by atoms with Crippen molar-refractivity contribution in [3.05, 3.63) is 35.1 Å². The van der Waals surface area contributed by atoms with Crippen LogP contribution in [0.4, 0.5) is 4.39 Å². The molecule has 0 aromatic heterocycles. The van der Waals surface area contributed by atoms with E-state index in [9.17, 15) is 9.18 Å². The molecule has 17 heavy (non-hydrogen) atoms. The van der Waals surface area contributed by atoms with Gasteiger partial charge in [-0.2, -0.15) is 0 Å². The SMILES string of the molecule is Cc1ccc(F)cc1C(=O)NCCCC(C)N. The number of hydrogen-bond donors (Lipinski definition) is 2. The highest BCUT2D eigenvalue weighted by atomic mass is 19.1. The van der Waals surface area contributed by atoms with Gasteiger partial charge in [-0.05, 0) is 44.4 Å². The third-order valence-corrected chi connectivity index (χ3v) is 2.57. The van der Waals surface area contributed by atoms with Gasteiger partial charge >= 0.3 is 0 Å². The first-order valence-corrected chi connectivity index (χ1v) is 5.80. The van der Waals surface area contributed by atoms with E-state index >= 15 is 0 Å². The maximum atomic E-state index is 13.0. The number of halogens is 1. The van der Waals surface area contributed by atoms with Crippen LogP contribution in [0.15, 0.2) is 18.2 Å². The van der Waals surface area contributed by atoms with Crippen molar-refractivity contribution in [2.24, 2.45) is 5.73 Å². The normalized spacial score (nSPS) is 12.2. The Kier molecular flexibility index (Phi) is 5.10. The molecule has 1 rings (SSSR count). The summed E-state index contributed by atoms with van der Waals surface area (Å²) in [7, 11) is 0. The van der Waals surface area contributed by atoms with Crippen molar-refractivity contribution in [1.82, 2.24) is 5.32 Å². The predicted molar refractivity (Wildman–Crippen MR) is 66.4 cm³/mol. The van der Waals surface area contributed by atoms with Crippen LogP contribution in [-0.2, 0) is 0 Å². The number of amides is 1. The Morgan fingerprint density at radius 2 is 2.24 bits per heavy atom. The minimum absolute atomic E-state index is 0.141. The molecule has 4 heteroatoms. The lowest BCUT2D eigenvalue weighted by molar-refractivity contribution is 0.0951. The van der Waals surface area contributed by atoms with Gasteiger partial charge < -0.3 is 11.1 Å². The highest BCUT2D eigenvalue weighted by molar-refractivity contribution is 5.95. The van der Waals surface area contributed by atoms with Crippen molar-refractivity contribution in [1.29, 1.82) is 0 Å². The lowest BCUT2D eigenvalue weighted by atomic mass is 10.1. The van der Waals surface area contributed by atoms with Crippen molar-refractivity contribution in [2.75, 3.05) is 6.54 Å². The van der Waals surface area contributed by atoms with Crippen LogP contribution in [0.5, 0.6) is 0 Å². The summed E-state index contributed by atoms with van der Waals surface area (Å²) >= 11 is 0. The summed E-state index contributed by atoms with van der Waals surface area (Å²) in [6.45, 7) is 4.28. The van der Waals surface area contributed by atoms with Gasteiger partial charge in [0, 0.05) is 18.2 Å². The maximum absolute atomic E-state index is 13.0. The Labute approximate surface area is 101 Å².